The molecule has 0 spiro atoms. The number of halogens is 1. The number of hydrogen-bond acceptors (Lipinski definition) is 3. The lowest BCUT2D eigenvalue weighted by molar-refractivity contribution is 0.513. The van der Waals surface area contributed by atoms with E-state index < -0.39 is 11.2 Å². The van der Waals surface area contributed by atoms with E-state index in [0.717, 1.165) is 0 Å². The highest BCUT2D eigenvalue weighted by Crippen LogP contribution is 2.21. The van der Waals surface area contributed by atoms with Crippen LogP contribution in [0, 0.1) is 5.92 Å². The van der Waals surface area contributed by atoms with Gasteiger partial charge in [0, 0.05) is 13.6 Å². The summed E-state index contributed by atoms with van der Waals surface area (Å²) in [6.45, 7) is 6.27. The van der Waals surface area contributed by atoms with Gasteiger partial charge in [-0.2, -0.15) is 0 Å². The molecule has 0 bridgehead atoms. The van der Waals surface area contributed by atoms with Gasteiger partial charge in [0.2, 0.25) is 0 Å². The van der Waals surface area contributed by atoms with E-state index in [4.69, 9.17) is 11.6 Å². The molecule has 1 N–H and O–H groups in total. The third-order valence-corrected chi connectivity index (χ3v) is 3.15. The van der Waals surface area contributed by atoms with Crippen LogP contribution in [-0.4, -0.2) is 19.1 Å². The summed E-state index contributed by atoms with van der Waals surface area (Å²) < 4.78 is 3.13. The van der Waals surface area contributed by atoms with Crippen molar-refractivity contribution in [2.75, 3.05) is 0 Å². The summed E-state index contributed by atoms with van der Waals surface area (Å²) in [6, 6.07) is 0. The third-order valence-electron chi connectivity index (χ3n) is 2.95. The second-order valence-electron chi connectivity index (χ2n) is 5.08. The number of nitrogens with zero attached hydrogens (tertiary/aromatic N) is 3. The van der Waals surface area contributed by atoms with Crippen molar-refractivity contribution in [3.05, 3.63) is 26.7 Å². The Bertz CT molecular complexity index is 724. The lowest BCUT2D eigenvalue weighted by atomic mass is 10.2. The Hall–Kier alpha value is -1.56. The van der Waals surface area contributed by atoms with Gasteiger partial charge < -0.3 is 4.57 Å². The number of imidazole rings is 1. The Labute approximate surface area is 115 Å². The normalized spacial score (nSPS) is 13.4. The van der Waals surface area contributed by atoms with Gasteiger partial charge >= 0.3 is 5.69 Å². The van der Waals surface area contributed by atoms with Crippen LogP contribution >= 0.6 is 11.6 Å². The number of aromatic nitrogens is 4. The van der Waals surface area contributed by atoms with Gasteiger partial charge in [0.15, 0.2) is 11.2 Å². The average molecular weight is 285 g/mol. The minimum atomic E-state index is -0.432. The molecule has 0 fully saturated rings. The highest BCUT2D eigenvalue weighted by molar-refractivity contribution is 6.20. The molecule has 2 heterocycles. The van der Waals surface area contributed by atoms with Crippen molar-refractivity contribution in [2.45, 2.75) is 32.7 Å². The molecule has 2 rings (SSSR count). The first-order chi connectivity index (χ1) is 8.82. The summed E-state index contributed by atoms with van der Waals surface area (Å²) in [5.74, 6) is 0.843. The van der Waals surface area contributed by atoms with Crippen LogP contribution in [0.5, 0.6) is 0 Å². The van der Waals surface area contributed by atoms with Crippen LogP contribution in [0.4, 0.5) is 0 Å². The maximum atomic E-state index is 11.9. The summed E-state index contributed by atoms with van der Waals surface area (Å²) in [5.41, 5.74) is -0.0909. The smallest absolute Gasteiger partial charge is 0.324 e. The number of aromatic amines is 1. The summed E-state index contributed by atoms with van der Waals surface area (Å²) in [6.07, 6.45) is 0. The van der Waals surface area contributed by atoms with Crippen molar-refractivity contribution in [3.8, 4) is 0 Å². The van der Waals surface area contributed by atoms with Crippen LogP contribution in [0.3, 0.4) is 0 Å². The van der Waals surface area contributed by atoms with E-state index in [1.54, 1.807) is 18.5 Å². The molecule has 0 amide bonds. The number of fused-ring (bicyclic) bond motifs is 1. The van der Waals surface area contributed by atoms with E-state index in [9.17, 15) is 9.59 Å². The van der Waals surface area contributed by atoms with Crippen molar-refractivity contribution < 1.29 is 0 Å². The molecule has 1 atom stereocenters. The van der Waals surface area contributed by atoms with Crippen molar-refractivity contribution >= 4 is 22.8 Å². The highest BCUT2D eigenvalue weighted by atomic mass is 35.5. The number of nitrogens with one attached hydrogen (secondary N) is 1. The molecular formula is C12H17ClN4O2. The maximum Gasteiger partial charge on any atom is 0.330 e. The Morgan fingerprint density at radius 3 is 2.47 bits per heavy atom. The maximum absolute atomic E-state index is 11.9. The Balaban J connectivity index is 2.87. The highest BCUT2D eigenvalue weighted by Gasteiger charge is 2.19. The summed E-state index contributed by atoms with van der Waals surface area (Å²) in [5, 5.41) is -0.334. The zero-order chi connectivity index (χ0) is 14.3. The Morgan fingerprint density at radius 1 is 1.32 bits per heavy atom. The van der Waals surface area contributed by atoms with E-state index in [0.29, 0.717) is 23.5 Å². The topological polar surface area (TPSA) is 72.7 Å². The van der Waals surface area contributed by atoms with Gasteiger partial charge in [0.1, 0.15) is 5.82 Å². The molecule has 19 heavy (non-hydrogen) atoms. The van der Waals surface area contributed by atoms with Crippen LogP contribution in [0.25, 0.3) is 11.2 Å². The van der Waals surface area contributed by atoms with E-state index in [1.165, 1.54) is 4.57 Å². The van der Waals surface area contributed by atoms with E-state index in [-0.39, 0.29) is 11.3 Å². The molecule has 0 unspecified atom stereocenters. The first-order valence-corrected chi connectivity index (χ1v) is 6.60. The van der Waals surface area contributed by atoms with Gasteiger partial charge in [-0.1, -0.05) is 13.8 Å². The predicted molar refractivity (Wildman–Crippen MR) is 74.7 cm³/mol. The Kier molecular flexibility index (Phi) is 3.54. The minimum absolute atomic E-state index is 0.269. The molecular weight excluding hydrogens is 268 g/mol. The van der Waals surface area contributed by atoms with Crippen molar-refractivity contribution in [2.24, 2.45) is 13.0 Å². The van der Waals surface area contributed by atoms with Gasteiger partial charge in [-0.05, 0) is 12.8 Å². The van der Waals surface area contributed by atoms with Crippen LogP contribution in [0.1, 0.15) is 32.0 Å². The van der Waals surface area contributed by atoms with E-state index in [2.05, 4.69) is 9.97 Å². The van der Waals surface area contributed by atoms with Crippen molar-refractivity contribution in [3.63, 3.8) is 0 Å². The quantitative estimate of drug-likeness (QED) is 0.866. The van der Waals surface area contributed by atoms with Gasteiger partial charge in [0.25, 0.3) is 5.56 Å². The standard InChI is InChI=1S/C12H17ClN4O2/c1-6(2)5-17-10-8(11(18)15-12(17)19)16(4)9(14-10)7(3)13/h6-7H,5H2,1-4H3,(H,15,18,19)/t7-/m1/s1. The first-order valence-electron chi connectivity index (χ1n) is 6.16. The predicted octanol–water partition coefficient (Wildman–Crippen LogP) is 1.38. The Morgan fingerprint density at radius 2 is 1.95 bits per heavy atom. The molecule has 2 aromatic heterocycles. The van der Waals surface area contributed by atoms with Gasteiger partial charge in [-0.25, -0.2) is 9.78 Å². The third kappa shape index (κ3) is 2.32. The summed E-state index contributed by atoms with van der Waals surface area (Å²) in [7, 11) is 1.73. The van der Waals surface area contributed by atoms with Crippen LogP contribution in [-0.2, 0) is 13.6 Å². The fourth-order valence-electron chi connectivity index (χ4n) is 2.15. The van der Waals surface area contributed by atoms with Crippen LogP contribution in [0.2, 0.25) is 0 Å². The van der Waals surface area contributed by atoms with Crippen LogP contribution in [0.15, 0.2) is 9.59 Å². The van der Waals surface area contributed by atoms with Gasteiger partial charge in [-0.15, -0.1) is 11.6 Å². The zero-order valence-electron chi connectivity index (χ0n) is 11.4. The molecule has 2 aromatic rings. The largest absolute Gasteiger partial charge is 0.330 e. The molecule has 7 heteroatoms. The molecule has 0 radical (unpaired) electrons. The number of aryl methyl sites for hydroxylation is 1. The number of hydrogen-bond donors (Lipinski definition) is 1. The SMILES string of the molecule is CC(C)Cn1c(=O)[nH]c(=O)c2c1nc([C@@H](C)Cl)n2C. The lowest BCUT2D eigenvalue weighted by Gasteiger charge is -2.08. The van der Waals surface area contributed by atoms with Gasteiger partial charge in [-0.3, -0.25) is 14.3 Å². The molecule has 6 nitrogen and oxygen atoms in total. The monoisotopic (exact) mass is 284 g/mol. The first kappa shape index (κ1) is 13.9. The number of H-pyrrole nitrogens is 1. The fraction of sp³-hybridized carbons (Fsp3) is 0.583. The summed E-state index contributed by atoms with van der Waals surface area (Å²) in [4.78, 5) is 30.5. The number of alkyl halides is 1. The molecule has 0 aromatic carbocycles. The number of rotatable bonds is 3. The summed E-state index contributed by atoms with van der Waals surface area (Å²) >= 11 is 6.05. The second kappa shape index (κ2) is 4.85. The van der Waals surface area contributed by atoms with E-state index in [1.807, 2.05) is 13.8 Å². The fourth-order valence-corrected chi connectivity index (χ4v) is 2.35. The molecule has 0 aliphatic heterocycles. The zero-order valence-corrected chi connectivity index (χ0v) is 12.2. The van der Waals surface area contributed by atoms with Crippen LogP contribution < -0.4 is 11.2 Å². The van der Waals surface area contributed by atoms with Crippen molar-refractivity contribution in [1.82, 2.24) is 19.1 Å². The average Bonchev–Trinajstić information content (AvgIpc) is 2.62. The lowest BCUT2D eigenvalue weighted by Crippen LogP contribution is -2.32. The molecule has 0 saturated heterocycles. The van der Waals surface area contributed by atoms with Gasteiger partial charge in [0.05, 0.1) is 5.38 Å². The molecule has 0 aliphatic carbocycles. The molecule has 0 aliphatic rings. The molecule has 104 valence electrons. The van der Waals surface area contributed by atoms with E-state index >= 15 is 0 Å². The van der Waals surface area contributed by atoms with Crippen molar-refractivity contribution in [1.29, 1.82) is 0 Å². The second-order valence-corrected chi connectivity index (χ2v) is 5.74. The minimum Gasteiger partial charge on any atom is -0.324 e. The molecule has 0 saturated carbocycles.